The minimum atomic E-state index is -4.40. The fraction of sp³-hybridized carbons (Fsp3) is 0.176. The summed E-state index contributed by atoms with van der Waals surface area (Å²) in [4.78, 5) is 11.8. The van der Waals surface area contributed by atoms with Crippen LogP contribution in [0.2, 0.25) is 0 Å². The molecule has 24 heavy (non-hydrogen) atoms. The number of alkyl halides is 3. The summed E-state index contributed by atoms with van der Waals surface area (Å²) in [5.74, 6) is -0.0236. The van der Waals surface area contributed by atoms with E-state index in [9.17, 15) is 18.0 Å². The van der Waals surface area contributed by atoms with Gasteiger partial charge in [0, 0.05) is 5.56 Å². The van der Waals surface area contributed by atoms with Crippen LogP contribution in [0.4, 0.5) is 13.2 Å². The zero-order valence-corrected chi connectivity index (χ0v) is 12.7. The fourth-order valence-electron chi connectivity index (χ4n) is 1.96. The molecule has 4 nitrogen and oxygen atoms in total. The molecule has 2 aromatic rings. The zero-order chi connectivity index (χ0) is 17.7. The Hall–Kier alpha value is -2.83. The molecule has 0 bridgehead atoms. The number of ether oxygens (including phenoxy) is 1. The maximum absolute atomic E-state index is 12.6. The number of hydrogen-bond acceptors (Lipinski definition) is 4. The van der Waals surface area contributed by atoms with Gasteiger partial charge >= 0.3 is 6.18 Å². The lowest BCUT2D eigenvalue weighted by Crippen LogP contribution is -2.10. The molecule has 0 spiro atoms. The number of nitrogens with zero attached hydrogens (tertiary/aromatic N) is 1. The maximum Gasteiger partial charge on any atom is 0.416 e. The molecule has 0 saturated heterocycles. The van der Waals surface area contributed by atoms with Gasteiger partial charge in [-0.15, -0.1) is 0 Å². The normalized spacial score (nSPS) is 12.1. The van der Waals surface area contributed by atoms with Crippen molar-refractivity contribution in [1.29, 1.82) is 0 Å². The number of hydrogen-bond donors (Lipinski definition) is 1. The van der Waals surface area contributed by atoms with Crippen LogP contribution in [-0.4, -0.2) is 16.7 Å². The van der Waals surface area contributed by atoms with Crippen molar-refractivity contribution in [2.45, 2.75) is 19.7 Å². The summed E-state index contributed by atoms with van der Waals surface area (Å²) in [5, 5.41) is 11.4. The fourth-order valence-corrected chi connectivity index (χ4v) is 1.96. The molecule has 7 heteroatoms. The third kappa shape index (κ3) is 4.34. The van der Waals surface area contributed by atoms with E-state index in [0.29, 0.717) is 16.9 Å². The molecule has 0 heterocycles. The van der Waals surface area contributed by atoms with Crippen molar-refractivity contribution < 1.29 is 27.9 Å². The number of oxime groups is 1. The second kappa shape index (κ2) is 7.16. The van der Waals surface area contributed by atoms with E-state index in [1.807, 2.05) is 0 Å². The highest BCUT2D eigenvalue weighted by Crippen LogP contribution is 2.29. The molecule has 0 aliphatic carbocycles. The van der Waals surface area contributed by atoms with Gasteiger partial charge in [-0.05, 0) is 48.9 Å². The van der Waals surface area contributed by atoms with E-state index >= 15 is 0 Å². The van der Waals surface area contributed by atoms with Crippen molar-refractivity contribution in [3.63, 3.8) is 0 Å². The molecular weight excluding hydrogens is 323 g/mol. The van der Waals surface area contributed by atoms with Crippen molar-refractivity contribution in [2.75, 3.05) is 0 Å². The second-order valence-corrected chi connectivity index (χ2v) is 5.03. The molecule has 126 valence electrons. The van der Waals surface area contributed by atoms with Crippen LogP contribution in [0.5, 0.6) is 5.75 Å². The van der Waals surface area contributed by atoms with Crippen molar-refractivity contribution in [2.24, 2.45) is 5.16 Å². The van der Waals surface area contributed by atoms with Gasteiger partial charge in [0.15, 0.2) is 0 Å². The number of rotatable bonds is 5. The molecule has 0 fully saturated rings. The van der Waals surface area contributed by atoms with Crippen LogP contribution in [0.15, 0.2) is 53.7 Å². The lowest BCUT2D eigenvalue weighted by molar-refractivity contribution is -0.137. The molecule has 0 aliphatic heterocycles. The first-order valence-electron chi connectivity index (χ1n) is 6.93. The first-order chi connectivity index (χ1) is 11.3. The number of Topliss-reactive ketones (excluding diaryl/α,β-unsaturated/α-hetero) is 1. The van der Waals surface area contributed by atoms with Crippen molar-refractivity contribution in [3.05, 3.63) is 65.2 Å². The Morgan fingerprint density at radius 2 is 1.83 bits per heavy atom. The standard InChI is InChI=1S/C17H14F3NO3/c1-11(21-23)16(22)13-5-7-15(8-6-13)24-10-12-3-2-4-14(9-12)17(18,19)20/h2-9,23H,10H2,1H3/b21-11+. The van der Waals surface area contributed by atoms with Gasteiger partial charge in [-0.2, -0.15) is 13.2 Å². The summed E-state index contributed by atoms with van der Waals surface area (Å²) < 4.78 is 43.4. The van der Waals surface area contributed by atoms with Gasteiger partial charge in [-0.1, -0.05) is 17.3 Å². The zero-order valence-electron chi connectivity index (χ0n) is 12.7. The number of halogens is 3. The first kappa shape index (κ1) is 17.5. The molecule has 0 radical (unpaired) electrons. The predicted molar refractivity (Wildman–Crippen MR) is 81.4 cm³/mol. The highest BCUT2D eigenvalue weighted by Gasteiger charge is 2.30. The van der Waals surface area contributed by atoms with Crippen LogP contribution in [0.25, 0.3) is 0 Å². The van der Waals surface area contributed by atoms with Gasteiger partial charge in [0.25, 0.3) is 0 Å². The van der Waals surface area contributed by atoms with E-state index in [-0.39, 0.29) is 12.3 Å². The van der Waals surface area contributed by atoms with Crippen LogP contribution in [0, 0.1) is 0 Å². The Morgan fingerprint density at radius 3 is 2.42 bits per heavy atom. The Balaban J connectivity index is 2.04. The third-order valence-electron chi connectivity index (χ3n) is 3.25. The predicted octanol–water partition coefficient (Wildman–Crippen LogP) is 4.32. The van der Waals surface area contributed by atoms with E-state index in [1.165, 1.54) is 43.3 Å². The smallest absolute Gasteiger partial charge is 0.416 e. The SMILES string of the molecule is C/C(=N\O)C(=O)c1ccc(OCc2cccc(C(F)(F)F)c2)cc1. The van der Waals surface area contributed by atoms with Crippen LogP contribution in [0.3, 0.4) is 0 Å². The Labute approximate surface area is 136 Å². The number of carbonyl (C=O) groups is 1. The topological polar surface area (TPSA) is 58.9 Å². The highest BCUT2D eigenvalue weighted by molar-refractivity contribution is 6.45. The van der Waals surface area contributed by atoms with E-state index < -0.39 is 17.5 Å². The largest absolute Gasteiger partial charge is 0.489 e. The molecule has 0 aliphatic rings. The van der Waals surface area contributed by atoms with Crippen LogP contribution in [0.1, 0.15) is 28.4 Å². The lowest BCUT2D eigenvalue weighted by Gasteiger charge is -2.10. The average Bonchev–Trinajstić information content (AvgIpc) is 2.58. The third-order valence-corrected chi connectivity index (χ3v) is 3.25. The molecular formula is C17H14F3NO3. The summed E-state index contributed by atoms with van der Waals surface area (Å²) in [6.07, 6.45) is -4.40. The summed E-state index contributed by atoms with van der Waals surface area (Å²) in [6, 6.07) is 10.9. The molecule has 2 rings (SSSR count). The molecule has 0 unspecified atom stereocenters. The van der Waals surface area contributed by atoms with E-state index in [4.69, 9.17) is 9.94 Å². The van der Waals surface area contributed by atoms with Crippen LogP contribution in [-0.2, 0) is 12.8 Å². The molecule has 2 aromatic carbocycles. The van der Waals surface area contributed by atoms with Gasteiger partial charge in [-0.3, -0.25) is 4.79 Å². The number of benzene rings is 2. The van der Waals surface area contributed by atoms with Crippen molar-refractivity contribution in [1.82, 2.24) is 0 Å². The highest BCUT2D eigenvalue weighted by atomic mass is 19.4. The number of carbonyl (C=O) groups excluding carboxylic acids is 1. The van der Waals surface area contributed by atoms with Crippen LogP contribution < -0.4 is 4.74 Å². The van der Waals surface area contributed by atoms with Gasteiger partial charge in [0.1, 0.15) is 18.1 Å². The van der Waals surface area contributed by atoms with Gasteiger partial charge in [0.2, 0.25) is 5.78 Å². The molecule has 0 atom stereocenters. The van der Waals surface area contributed by atoms with Crippen molar-refractivity contribution in [3.8, 4) is 5.75 Å². The summed E-state index contributed by atoms with van der Waals surface area (Å²) in [7, 11) is 0. The molecule has 0 amide bonds. The Bertz CT molecular complexity index is 752. The molecule has 0 aromatic heterocycles. The first-order valence-corrected chi connectivity index (χ1v) is 6.93. The minimum absolute atomic E-state index is 0.0334. The Morgan fingerprint density at radius 1 is 1.17 bits per heavy atom. The molecule has 1 N–H and O–H groups in total. The summed E-state index contributed by atoms with van der Waals surface area (Å²) in [5.41, 5.74) is -0.0825. The van der Waals surface area contributed by atoms with E-state index in [1.54, 1.807) is 0 Å². The van der Waals surface area contributed by atoms with E-state index in [0.717, 1.165) is 12.1 Å². The molecule has 0 saturated carbocycles. The minimum Gasteiger partial charge on any atom is -0.489 e. The quantitative estimate of drug-likeness (QED) is 0.383. The summed E-state index contributed by atoms with van der Waals surface area (Å²) >= 11 is 0. The second-order valence-electron chi connectivity index (χ2n) is 5.03. The maximum atomic E-state index is 12.6. The average molecular weight is 337 g/mol. The van der Waals surface area contributed by atoms with E-state index in [2.05, 4.69) is 5.16 Å². The van der Waals surface area contributed by atoms with Crippen LogP contribution >= 0.6 is 0 Å². The summed E-state index contributed by atoms with van der Waals surface area (Å²) in [6.45, 7) is 1.34. The Kier molecular flexibility index (Phi) is 5.23. The monoisotopic (exact) mass is 337 g/mol. The van der Waals surface area contributed by atoms with Gasteiger partial charge in [0.05, 0.1) is 5.56 Å². The number of ketones is 1. The van der Waals surface area contributed by atoms with Gasteiger partial charge < -0.3 is 9.94 Å². The van der Waals surface area contributed by atoms with Gasteiger partial charge in [-0.25, -0.2) is 0 Å². The van der Waals surface area contributed by atoms with Crippen molar-refractivity contribution >= 4 is 11.5 Å². The lowest BCUT2D eigenvalue weighted by atomic mass is 10.1.